The predicted octanol–water partition coefficient (Wildman–Crippen LogP) is 1.36. The number of amides is 2. The van der Waals surface area contributed by atoms with Crippen LogP contribution in [-0.4, -0.2) is 39.0 Å². The molecule has 0 radical (unpaired) electrons. The van der Waals surface area contributed by atoms with Gasteiger partial charge in [-0.3, -0.25) is 19.3 Å². The zero-order chi connectivity index (χ0) is 18.0. The summed E-state index contributed by atoms with van der Waals surface area (Å²) >= 11 is 5.37. The number of nitrogens with zero attached hydrogens (tertiary/aromatic N) is 1. The van der Waals surface area contributed by atoms with Crippen molar-refractivity contribution < 1.29 is 14.4 Å². The Labute approximate surface area is 155 Å². The SMILES string of the molecule is C#CCC1=C(C(=O)S)N2C(=O)[C@@H](NC(=O)Cc3ccccc3)[C@H]2SC1. The number of terminal acetylenes is 1. The third kappa shape index (κ3) is 3.46. The lowest BCUT2D eigenvalue weighted by molar-refractivity contribution is -0.146. The highest BCUT2D eigenvalue weighted by molar-refractivity contribution is 8.00. The Balaban J connectivity index is 1.70. The summed E-state index contributed by atoms with van der Waals surface area (Å²) in [6.45, 7) is 0. The van der Waals surface area contributed by atoms with E-state index in [1.54, 1.807) is 0 Å². The van der Waals surface area contributed by atoms with E-state index in [1.807, 2.05) is 30.3 Å². The van der Waals surface area contributed by atoms with E-state index < -0.39 is 11.2 Å². The summed E-state index contributed by atoms with van der Waals surface area (Å²) in [7, 11) is 0. The highest BCUT2D eigenvalue weighted by atomic mass is 32.2. The molecule has 7 heteroatoms. The Bertz CT molecular complexity index is 798. The number of carbonyl (C=O) groups excluding carboxylic acids is 3. The van der Waals surface area contributed by atoms with Crippen LogP contribution in [-0.2, 0) is 20.8 Å². The van der Waals surface area contributed by atoms with E-state index in [0.29, 0.717) is 12.2 Å². The van der Waals surface area contributed by atoms with Gasteiger partial charge in [-0.05, 0) is 11.1 Å². The summed E-state index contributed by atoms with van der Waals surface area (Å²) < 4.78 is 0. The molecular weight excluding hydrogens is 356 g/mol. The minimum Gasteiger partial charge on any atom is -0.341 e. The summed E-state index contributed by atoms with van der Waals surface area (Å²) in [5.74, 6) is 2.53. The highest BCUT2D eigenvalue weighted by Gasteiger charge is 2.53. The number of fused-ring (bicyclic) bond motifs is 1. The molecule has 2 amide bonds. The molecule has 0 saturated carbocycles. The molecule has 25 heavy (non-hydrogen) atoms. The summed E-state index contributed by atoms with van der Waals surface area (Å²) in [5, 5.41) is 2.00. The van der Waals surface area contributed by atoms with Crippen LogP contribution in [0.5, 0.6) is 0 Å². The second-order valence-corrected chi connectivity index (χ2v) is 7.27. The standard InChI is InChI=1S/C18H16N2O3S2/c1-2-6-12-10-25-17-14(16(22)20(17)15(12)18(23)24)19-13(21)9-11-7-4-3-5-8-11/h1,3-5,7-8,14,17H,6,9-10H2,(H,19,21)(H,23,24)/t14-,17-/m1/s1. The Kier molecular flexibility index (Phi) is 5.21. The van der Waals surface area contributed by atoms with E-state index in [1.165, 1.54) is 16.7 Å². The van der Waals surface area contributed by atoms with Crippen LogP contribution in [0.4, 0.5) is 0 Å². The van der Waals surface area contributed by atoms with Crippen molar-refractivity contribution in [3.8, 4) is 12.3 Å². The van der Waals surface area contributed by atoms with Crippen LogP contribution in [0.2, 0.25) is 0 Å². The van der Waals surface area contributed by atoms with Gasteiger partial charge < -0.3 is 5.32 Å². The van der Waals surface area contributed by atoms with Crippen LogP contribution in [0.15, 0.2) is 41.6 Å². The fourth-order valence-corrected chi connectivity index (χ4v) is 4.56. The van der Waals surface area contributed by atoms with Crippen molar-refractivity contribution in [2.75, 3.05) is 5.75 Å². The molecule has 0 aliphatic carbocycles. The molecule has 1 fully saturated rings. The summed E-state index contributed by atoms with van der Waals surface area (Å²) in [4.78, 5) is 37.9. The molecule has 0 bridgehead atoms. The Hall–Kier alpha value is -2.17. The number of nitrogens with one attached hydrogen (secondary N) is 1. The first-order valence-corrected chi connectivity index (χ1v) is 9.19. The van der Waals surface area contributed by atoms with E-state index in [0.717, 1.165) is 11.1 Å². The van der Waals surface area contributed by atoms with Crippen LogP contribution in [0.25, 0.3) is 0 Å². The first kappa shape index (κ1) is 17.6. The lowest BCUT2D eigenvalue weighted by Gasteiger charge is -2.49. The minimum absolute atomic E-state index is 0.207. The van der Waals surface area contributed by atoms with Gasteiger partial charge in [0.15, 0.2) is 0 Å². The molecule has 2 atom stereocenters. The number of hydrogen-bond acceptors (Lipinski definition) is 4. The average Bonchev–Trinajstić information content (AvgIpc) is 2.60. The number of thioether (sulfide) groups is 1. The van der Waals surface area contributed by atoms with Gasteiger partial charge in [0, 0.05) is 12.2 Å². The maximum atomic E-state index is 12.5. The smallest absolute Gasteiger partial charge is 0.253 e. The van der Waals surface area contributed by atoms with Gasteiger partial charge >= 0.3 is 0 Å². The molecule has 0 unspecified atom stereocenters. The van der Waals surface area contributed by atoms with Crippen molar-refractivity contribution in [3.05, 3.63) is 47.2 Å². The molecule has 3 rings (SSSR count). The normalized spacial score (nSPS) is 21.9. The van der Waals surface area contributed by atoms with E-state index in [4.69, 9.17) is 6.42 Å². The van der Waals surface area contributed by atoms with Gasteiger partial charge in [0.25, 0.3) is 5.91 Å². The van der Waals surface area contributed by atoms with Gasteiger partial charge in [0.05, 0.1) is 6.42 Å². The first-order chi connectivity index (χ1) is 12.0. The second kappa shape index (κ2) is 7.38. The monoisotopic (exact) mass is 372 g/mol. The van der Waals surface area contributed by atoms with Gasteiger partial charge in [-0.25, -0.2) is 0 Å². The third-order valence-corrected chi connectivity index (χ3v) is 5.64. The molecule has 0 aromatic heterocycles. The maximum Gasteiger partial charge on any atom is 0.253 e. The predicted molar refractivity (Wildman–Crippen MR) is 99.6 cm³/mol. The molecule has 2 aliphatic heterocycles. The summed E-state index contributed by atoms with van der Waals surface area (Å²) in [5.41, 5.74) is 1.87. The fourth-order valence-electron chi connectivity index (χ4n) is 2.95. The van der Waals surface area contributed by atoms with Gasteiger partial charge in [-0.1, -0.05) is 43.0 Å². The number of rotatable bonds is 5. The Morgan fingerprint density at radius 2 is 2.08 bits per heavy atom. The molecule has 2 aliphatic rings. The van der Waals surface area contributed by atoms with Gasteiger partial charge in [0.1, 0.15) is 17.1 Å². The molecule has 1 aromatic carbocycles. The molecule has 2 heterocycles. The number of thiol groups is 1. The van der Waals surface area contributed by atoms with Crippen molar-refractivity contribution in [2.24, 2.45) is 0 Å². The van der Waals surface area contributed by atoms with Crippen molar-refractivity contribution >= 4 is 41.3 Å². The van der Waals surface area contributed by atoms with Crippen LogP contribution < -0.4 is 5.32 Å². The molecule has 0 spiro atoms. The molecule has 5 nitrogen and oxygen atoms in total. The lowest BCUT2D eigenvalue weighted by Crippen LogP contribution is -2.70. The highest BCUT2D eigenvalue weighted by Crippen LogP contribution is 2.41. The van der Waals surface area contributed by atoms with Crippen molar-refractivity contribution in [1.29, 1.82) is 0 Å². The van der Waals surface area contributed by atoms with Crippen LogP contribution in [0.1, 0.15) is 12.0 Å². The first-order valence-electron chi connectivity index (χ1n) is 7.69. The van der Waals surface area contributed by atoms with E-state index >= 15 is 0 Å². The Morgan fingerprint density at radius 1 is 1.36 bits per heavy atom. The molecule has 1 saturated heterocycles. The third-order valence-electron chi connectivity index (χ3n) is 4.09. The van der Waals surface area contributed by atoms with Gasteiger partial charge in [0.2, 0.25) is 11.0 Å². The van der Waals surface area contributed by atoms with Crippen molar-refractivity contribution in [2.45, 2.75) is 24.3 Å². The molecule has 128 valence electrons. The van der Waals surface area contributed by atoms with Crippen LogP contribution in [0.3, 0.4) is 0 Å². The van der Waals surface area contributed by atoms with E-state index in [9.17, 15) is 14.4 Å². The van der Waals surface area contributed by atoms with Crippen molar-refractivity contribution in [3.63, 3.8) is 0 Å². The second-order valence-electron chi connectivity index (χ2n) is 5.76. The summed E-state index contributed by atoms with van der Waals surface area (Å²) in [6, 6.07) is 8.68. The fraction of sp³-hybridized carbons (Fsp3) is 0.278. The number of β-lactam (4-membered cyclic amide) rings is 1. The number of carbonyl (C=O) groups is 3. The minimum atomic E-state index is -0.628. The topological polar surface area (TPSA) is 66.5 Å². The Morgan fingerprint density at radius 3 is 2.72 bits per heavy atom. The van der Waals surface area contributed by atoms with Gasteiger partial charge in [-0.15, -0.1) is 24.1 Å². The summed E-state index contributed by atoms with van der Waals surface area (Å²) in [6.07, 6.45) is 5.84. The zero-order valence-corrected chi connectivity index (χ0v) is 15.0. The van der Waals surface area contributed by atoms with E-state index in [2.05, 4.69) is 23.9 Å². The average molecular weight is 372 g/mol. The van der Waals surface area contributed by atoms with E-state index in [-0.39, 0.29) is 29.3 Å². The number of benzene rings is 1. The largest absolute Gasteiger partial charge is 0.341 e. The number of hydrogen-bond donors (Lipinski definition) is 2. The zero-order valence-electron chi connectivity index (χ0n) is 13.3. The maximum absolute atomic E-state index is 12.5. The quantitative estimate of drug-likeness (QED) is 0.465. The van der Waals surface area contributed by atoms with Crippen molar-refractivity contribution in [1.82, 2.24) is 10.2 Å². The lowest BCUT2D eigenvalue weighted by atomic mass is 10.0. The molecule has 1 aromatic rings. The van der Waals surface area contributed by atoms with Crippen LogP contribution in [0, 0.1) is 12.3 Å². The molecular formula is C18H16N2O3S2. The van der Waals surface area contributed by atoms with Gasteiger partial charge in [-0.2, -0.15) is 0 Å². The van der Waals surface area contributed by atoms with Crippen LogP contribution >= 0.6 is 24.4 Å². The molecule has 1 N–H and O–H groups in total.